The first-order chi connectivity index (χ1) is 15.6. The highest BCUT2D eigenvalue weighted by molar-refractivity contribution is 7.13. The van der Waals surface area contributed by atoms with E-state index in [0.29, 0.717) is 22.7 Å². The van der Waals surface area contributed by atoms with Crippen LogP contribution in [0.2, 0.25) is 0 Å². The molecule has 5 rings (SSSR count). The van der Waals surface area contributed by atoms with Crippen molar-refractivity contribution >= 4 is 11.3 Å². The normalized spacial score (nSPS) is 10.9. The molecule has 0 fully saturated rings. The Morgan fingerprint density at radius 2 is 1.78 bits per heavy atom. The van der Waals surface area contributed by atoms with Crippen molar-refractivity contribution in [1.29, 1.82) is 0 Å². The summed E-state index contributed by atoms with van der Waals surface area (Å²) in [6, 6.07) is 18.6. The van der Waals surface area contributed by atoms with Gasteiger partial charge in [-0.1, -0.05) is 18.2 Å². The Morgan fingerprint density at radius 1 is 1.00 bits per heavy atom. The number of imidazole rings is 1. The summed E-state index contributed by atoms with van der Waals surface area (Å²) in [6.45, 7) is 1.96. The molecule has 0 spiro atoms. The molecule has 3 heterocycles. The number of hydrogen-bond donors (Lipinski definition) is 0. The molecule has 6 nitrogen and oxygen atoms in total. The maximum atomic E-state index is 13.5. The van der Waals surface area contributed by atoms with Crippen LogP contribution in [-0.4, -0.2) is 19.7 Å². The first-order valence-electron chi connectivity index (χ1n) is 9.76. The predicted molar refractivity (Wildman–Crippen MR) is 122 cm³/mol. The Balaban J connectivity index is 1.65. The van der Waals surface area contributed by atoms with Gasteiger partial charge in [0.2, 0.25) is 0 Å². The molecule has 3 aromatic heterocycles. The van der Waals surface area contributed by atoms with Crippen molar-refractivity contribution < 1.29 is 9.13 Å². The fourth-order valence-corrected chi connectivity index (χ4v) is 4.13. The van der Waals surface area contributed by atoms with Crippen LogP contribution in [0.25, 0.3) is 33.3 Å². The van der Waals surface area contributed by atoms with E-state index < -0.39 is 0 Å². The molecule has 158 valence electrons. The lowest BCUT2D eigenvalue weighted by Gasteiger charge is -2.15. The van der Waals surface area contributed by atoms with E-state index in [1.165, 1.54) is 29.7 Å². The maximum absolute atomic E-state index is 13.5. The molecule has 0 saturated carbocycles. The van der Waals surface area contributed by atoms with Gasteiger partial charge >= 0.3 is 6.01 Å². The molecule has 0 aliphatic heterocycles. The summed E-state index contributed by atoms with van der Waals surface area (Å²) in [6.07, 6.45) is 1.52. The molecule has 32 heavy (non-hydrogen) atoms. The lowest BCUT2D eigenvalue weighted by Crippen LogP contribution is -1.98. The van der Waals surface area contributed by atoms with Gasteiger partial charge in [0.25, 0.3) is 0 Å². The molecule has 5 aromatic rings. The minimum absolute atomic E-state index is 0.105. The zero-order valence-electron chi connectivity index (χ0n) is 16.9. The van der Waals surface area contributed by atoms with Crippen molar-refractivity contribution in [2.24, 2.45) is 0 Å². The summed E-state index contributed by atoms with van der Waals surface area (Å²) in [4.78, 5) is 14.0. The van der Waals surface area contributed by atoms with Crippen LogP contribution < -0.4 is 4.74 Å². The predicted octanol–water partition coefficient (Wildman–Crippen LogP) is 6.32. The lowest BCUT2D eigenvalue weighted by molar-refractivity contribution is 0.442. The topological polar surface area (TPSA) is 75.9 Å². The monoisotopic (exact) mass is 443 g/mol. The molecular weight excluding hydrogens is 427 g/mol. The molecular formula is C24H16FN4O2S-. The third-order valence-electron chi connectivity index (χ3n) is 4.73. The van der Waals surface area contributed by atoms with Gasteiger partial charge in [-0.15, -0.1) is 11.3 Å². The van der Waals surface area contributed by atoms with Gasteiger partial charge in [-0.05, 0) is 66.4 Å². The van der Waals surface area contributed by atoms with Crippen LogP contribution >= 0.6 is 11.3 Å². The van der Waals surface area contributed by atoms with Crippen molar-refractivity contribution in [3.8, 4) is 45.1 Å². The van der Waals surface area contributed by atoms with Crippen molar-refractivity contribution in [2.45, 2.75) is 6.92 Å². The van der Waals surface area contributed by atoms with Gasteiger partial charge in [0.05, 0.1) is 22.0 Å². The second-order valence-electron chi connectivity index (χ2n) is 7.06. The van der Waals surface area contributed by atoms with Crippen LogP contribution in [0.4, 0.5) is 4.39 Å². The minimum Gasteiger partial charge on any atom is -0.804 e. The smallest absolute Gasteiger partial charge is 0.322 e. The lowest BCUT2D eigenvalue weighted by atomic mass is 10.1. The fourth-order valence-electron chi connectivity index (χ4n) is 3.26. The summed E-state index contributed by atoms with van der Waals surface area (Å²) in [7, 11) is 0. The Bertz CT molecular complexity index is 1380. The van der Waals surface area contributed by atoms with Gasteiger partial charge < -0.3 is 14.7 Å². The van der Waals surface area contributed by atoms with E-state index in [4.69, 9.17) is 4.74 Å². The Labute approximate surface area is 187 Å². The number of para-hydroxylation sites is 1. The maximum Gasteiger partial charge on any atom is 0.322 e. The number of rotatable bonds is 5. The van der Waals surface area contributed by atoms with E-state index >= 15 is 0 Å². The van der Waals surface area contributed by atoms with Gasteiger partial charge in [0.15, 0.2) is 0 Å². The van der Waals surface area contributed by atoms with E-state index in [9.17, 15) is 9.60 Å². The summed E-state index contributed by atoms with van der Waals surface area (Å²) < 4.78 is 20.0. The summed E-state index contributed by atoms with van der Waals surface area (Å²) >= 11 is 1.44. The van der Waals surface area contributed by atoms with Gasteiger partial charge in [0, 0.05) is 11.8 Å². The van der Waals surface area contributed by atoms with Gasteiger partial charge in [-0.3, -0.25) is 0 Å². The van der Waals surface area contributed by atoms with Crippen LogP contribution in [0.1, 0.15) is 5.56 Å². The highest BCUT2D eigenvalue weighted by Gasteiger charge is 2.20. The van der Waals surface area contributed by atoms with Crippen LogP contribution in [0.3, 0.4) is 0 Å². The molecule has 0 bridgehead atoms. The molecule has 0 radical (unpaired) electrons. The van der Waals surface area contributed by atoms with Crippen LogP contribution in [0.5, 0.6) is 11.8 Å². The highest BCUT2D eigenvalue weighted by atomic mass is 32.1. The minimum atomic E-state index is -0.369. The van der Waals surface area contributed by atoms with Crippen molar-refractivity contribution in [3.63, 3.8) is 0 Å². The van der Waals surface area contributed by atoms with Crippen molar-refractivity contribution in [3.05, 3.63) is 94.9 Å². The first-order valence-corrected chi connectivity index (χ1v) is 10.6. The van der Waals surface area contributed by atoms with Crippen LogP contribution in [0.15, 0.2) is 78.3 Å². The molecule has 0 saturated heterocycles. The van der Waals surface area contributed by atoms with E-state index in [1.54, 1.807) is 30.3 Å². The molecule has 0 unspecified atom stereocenters. The van der Waals surface area contributed by atoms with Gasteiger partial charge in [-0.2, -0.15) is 4.98 Å². The standard InChI is InChI=1S/C24H16FN4O2S/c1-15-13-20(32-14-15)23-28-21(16-7-9-17(25)10-8-16)22(29(23)30)19-11-12-26-24(27-19)31-18-5-3-2-4-6-18/h2-14H,1H3/q-1. The average molecular weight is 443 g/mol. The average Bonchev–Trinajstić information content (AvgIpc) is 3.38. The zero-order valence-corrected chi connectivity index (χ0v) is 17.7. The Morgan fingerprint density at radius 3 is 2.50 bits per heavy atom. The Kier molecular flexibility index (Phi) is 5.12. The number of ether oxygens (including phenoxy) is 1. The molecule has 0 atom stereocenters. The molecule has 2 aromatic carbocycles. The Hall–Kier alpha value is -4.04. The number of halogens is 1. The van der Waals surface area contributed by atoms with E-state index in [2.05, 4.69) is 15.0 Å². The highest BCUT2D eigenvalue weighted by Crippen LogP contribution is 2.37. The number of aromatic nitrogens is 4. The SMILES string of the molecule is Cc1csc(-c2nc(-c3ccc(F)cc3)c(-c3ccnc(Oc4ccccc4)n3)n2[O-])c1. The number of benzene rings is 2. The summed E-state index contributed by atoms with van der Waals surface area (Å²) in [5.74, 6) is 0.474. The largest absolute Gasteiger partial charge is 0.804 e. The zero-order chi connectivity index (χ0) is 22.1. The van der Waals surface area contributed by atoms with E-state index in [-0.39, 0.29) is 23.3 Å². The van der Waals surface area contributed by atoms with Crippen LogP contribution in [0, 0.1) is 17.9 Å². The number of hydrogen-bond acceptors (Lipinski definition) is 6. The second kappa shape index (κ2) is 8.24. The third kappa shape index (κ3) is 3.83. The number of nitrogens with zero attached hydrogens (tertiary/aromatic N) is 4. The molecule has 0 amide bonds. The first kappa shape index (κ1) is 19.9. The van der Waals surface area contributed by atoms with Crippen molar-refractivity contribution in [1.82, 2.24) is 19.7 Å². The molecule has 0 aliphatic carbocycles. The quantitative estimate of drug-likeness (QED) is 0.318. The van der Waals surface area contributed by atoms with Gasteiger partial charge in [-0.25, -0.2) is 14.4 Å². The van der Waals surface area contributed by atoms with Gasteiger partial charge in [0.1, 0.15) is 17.4 Å². The van der Waals surface area contributed by atoms with Crippen LogP contribution in [-0.2, 0) is 0 Å². The second-order valence-corrected chi connectivity index (χ2v) is 7.97. The molecule has 0 aliphatic rings. The number of thiophene rings is 1. The molecule has 8 heteroatoms. The van der Waals surface area contributed by atoms with E-state index in [0.717, 1.165) is 15.2 Å². The summed E-state index contributed by atoms with van der Waals surface area (Å²) in [5, 5.41) is 15.4. The third-order valence-corrected chi connectivity index (χ3v) is 5.78. The van der Waals surface area contributed by atoms with E-state index in [1.807, 2.05) is 36.6 Å². The molecule has 0 N–H and O–H groups in total. The van der Waals surface area contributed by atoms with Crippen molar-refractivity contribution in [2.75, 3.05) is 0 Å². The summed E-state index contributed by atoms with van der Waals surface area (Å²) in [5.41, 5.74) is 2.66. The fraction of sp³-hybridized carbons (Fsp3) is 0.0417. The number of aryl methyl sites for hydroxylation is 1.